The summed E-state index contributed by atoms with van der Waals surface area (Å²) in [5, 5.41) is 14.4. The van der Waals surface area contributed by atoms with Crippen molar-refractivity contribution in [1.29, 1.82) is 0 Å². The van der Waals surface area contributed by atoms with Crippen LogP contribution < -0.4 is 4.90 Å². The van der Waals surface area contributed by atoms with Gasteiger partial charge in [0.1, 0.15) is 24.4 Å². The van der Waals surface area contributed by atoms with Crippen LogP contribution >= 0.6 is 11.6 Å². The zero-order valence-electron chi connectivity index (χ0n) is 26.9. The third kappa shape index (κ3) is 9.56. The standard InChI is InChI=1S/C31H47ClFN5O4Si2/c1-43(2,3)15-13-41-20-37(21-42-14-16-44(4,5)6)28-17-26(22-7-9-23(10-8-22)29(33)31(39)40)36-30-25(19-35-38(28)30)24-11-12-27(32)34-18-24/h11-12,17-19,22-23,29H,7-10,13-16,20-21H2,1-6H3,(H,39,40)/t22-,23-,29?. The van der Waals surface area contributed by atoms with Crippen LogP contribution in [-0.4, -0.2) is 79.7 Å². The zero-order valence-corrected chi connectivity index (χ0v) is 29.6. The summed E-state index contributed by atoms with van der Waals surface area (Å²) >= 11 is 6.07. The topological polar surface area (TPSA) is 102 Å². The number of pyridine rings is 1. The van der Waals surface area contributed by atoms with Gasteiger partial charge in [0, 0.05) is 70.3 Å². The van der Waals surface area contributed by atoms with Crippen LogP contribution in [0.5, 0.6) is 0 Å². The molecular weight excluding hydrogens is 617 g/mol. The second-order valence-corrected chi connectivity index (χ2v) is 25.9. The number of carbonyl (C=O) groups is 1. The highest BCUT2D eigenvalue weighted by Gasteiger charge is 2.33. The minimum atomic E-state index is -1.84. The molecule has 0 saturated heterocycles. The quantitative estimate of drug-likeness (QED) is 0.0769. The highest BCUT2D eigenvalue weighted by atomic mass is 35.5. The second kappa shape index (κ2) is 14.8. The van der Waals surface area contributed by atoms with Gasteiger partial charge in [0.15, 0.2) is 11.8 Å². The number of hydrogen-bond donors (Lipinski definition) is 1. The fourth-order valence-electron chi connectivity index (χ4n) is 5.32. The Balaban J connectivity index is 1.69. The highest BCUT2D eigenvalue weighted by Crippen LogP contribution is 2.39. The molecule has 13 heteroatoms. The Morgan fingerprint density at radius 3 is 2.18 bits per heavy atom. The molecule has 9 nitrogen and oxygen atoms in total. The minimum Gasteiger partial charge on any atom is -0.479 e. The summed E-state index contributed by atoms with van der Waals surface area (Å²) in [5.74, 6) is -0.997. The van der Waals surface area contributed by atoms with Crippen molar-refractivity contribution in [2.24, 2.45) is 5.92 Å². The average Bonchev–Trinajstić information content (AvgIpc) is 3.39. The number of halogens is 2. The summed E-state index contributed by atoms with van der Waals surface area (Å²) in [6.45, 7) is 16.0. The molecule has 0 aromatic carbocycles. The zero-order chi connectivity index (χ0) is 32.1. The Morgan fingerprint density at radius 2 is 1.66 bits per heavy atom. The number of alkyl halides is 1. The Kier molecular flexibility index (Phi) is 11.6. The third-order valence-corrected chi connectivity index (χ3v) is 11.8. The first-order chi connectivity index (χ1) is 20.7. The molecule has 1 unspecified atom stereocenters. The van der Waals surface area contributed by atoms with Gasteiger partial charge >= 0.3 is 5.97 Å². The van der Waals surface area contributed by atoms with Crippen molar-refractivity contribution in [2.75, 3.05) is 31.6 Å². The Hall–Kier alpha value is -2.39. The molecule has 3 aromatic rings. The van der Waals surface area contributed by atoms with Gasteiger partial charge in [0.25, 0.3) is 0 Å². The molecule has 0 aliphatic heterocycles. The maximum Gasteiger partial charge on any atom is 0.338 e. The first kappa shape index (κ1) is 34.5. The van der Waals surface area contributed by atoms with Crippen molar-refractivity contribution in [2.45, 2.75) is 89.1 Å². The number of rotatable bonds is 15. The molecule has 0 bridgehead atoms. The number of nitrogens with zero attached hydrogens (tertiary/aromatic N) is 5. The molecular formula is C31H47ClFN5O4Si2. The molecule has 4 rings (SSSR count). The van der Waals surface area contributed by atoms with Gasteiger partial charge in [-0.25, -0.2) is 19.2 Å². The molecule has 44 heavy (non-hydrogen) atoms. The lowest BCUT2D eigenvalue weighted by molar-refractivity contribution is -0.145. The van der Waals surface area contributed by atoms with Crippen LogP contribution in [0.3, 0.4) is 0 Å². The molecule has 1 N–H and O–H groups in total. The Morgan fingerprint density at radius 1 is 1.05 bits per heavy atom. The lowest BCUT2D eigenvalue weighted by Gasteiger charge is -2.30. The van der Waals surface area contributed by atoms with E-state index in [0.717, 1.165) is 34.7 Å². The van der Waals surface area contributed by atoms with E-state index >= 15 is 0 Å². The Labute approximate surface area is 267 Å². The molecule has 0 radical (unpaired) electrons. The summed E-state index contributed by atoms with van der Waals surface area (Å²) < 4.78 is 28.6. The van der Waals surface area contributed by atoms with Crippen LogP contribution in [-0.2, 0) is 14.3 Å². The van der Waals surface area contributed by atoms with E-state index in [1.54, 1.807) is 18.5 Å². The fraction of sp³-hybridized carbons (Fsp3) is 0.613. The molecule has 1 saturated carbocycles. The van der Waals surface area contributed by atoms with Crippen LogP contribution in [0.15, 0.2) is 30.6 Å². The molecule has 0 amide bonds. The van der Waals surface area contributed by atoms with E-state index in [9.17, 15) is 14.3 Å². The van der Waals surface area contributed by atoms with Crippen molar-refractivity contribution < 1.29 is 23.8 Å². The van der Waals surface area contributed by atoms with Crippen molar-refractivity contribution in [3.8, 4) is 11.1 Å². The molecule has 3 aromatic heterocycles. The van der Waals surface area contributed by atoms with E-state index in [-0.39, 0.29) is 5.92 Å². The molecule has 0 spiro atoms. The SMILES string of the molecule is C[Si](C)(C)CCOCN(COCC[Si](C)(C)C)c1cc([C@H]2CC[C@H](C(F)C(=O)O)CC2)nc2c(-c3ccc(Cl)nc3)cnn12. The summed E-state index contributed by atoms with van der Waals surface area (Å²) in [6.07, 6.45) is 3.97. The maximum absolute atomic E-state index is 14.3. The van der Waals surface area contributed by atoms with Gasteiger partial charge in [-0.2, -0.15) is 9.61 Å². The maximum atomic E-state index is 14.3. The van der Waals surface area contributed by atoms with Crippen molar-refractivity contribution >= 4 is 45.2 Å². The van der Waals surface area contributed by atoms with E-state index < -0.39 is 34.2 Å². The van der Waals surface area contributed by atoms with Gasteiger partial charge in [0.05, 0.1) is 6.20 Å². The number of ether oxygens (including phenoxy) is 2. The number of carboxylic acid groups (broad SMARTS) is 1. The second-order valence-electron chi connectivity index (χ2n) is 14.3. The van der Waals surface area contributed by atoms with Gasteiger partial charge in [-0.05, 0) is 49.9 Å². The van der Waals surface area contributed by atoms with Gasteiger partial charge < -0.3 is 19.5 Å². The lowest BCUT2D eigenvalue weighted by atomic mass is 9.78. The summed E-state index contributed by atoms with van der Waals surface area (Å²) in [6, 6.07) is 7.80. The number of aliphatic carboxylic acids is 1. The number of fused-ring (bicyclic) bond motifs is 1. The normalized spacial score (nSPS) is 18.5. The molecule has 1 aliphatic rings. The molecule has 1 atom stereocenters. The van der Waals surface area contributed by atoms with Crippen LogP contribution in [0.4, 0.5) is 10.2 Å². The van der Waals surface area contributed by atoms with Gasteiger partial charge in [-0.3, -0.25) is 0 Å². The highest BCUT2D eigenvalue weighted by molar-refractivity contribution is 6.76. The van der Waals surface area contributed by atoms with E-state index in [1.165, 1.54) is 0 Å². The third-order valence-electron chi connectivity index (χ3n) is 8.16. The number of hydrogen-bond acceptors (Lipinski definition) is 7. The van der Waals surface area contributed by atoms with Crippen molar-refractivity contribution in [3.05, 3.63) is 41.4 Å². The van der Waals surface area contributed by atoms with Gasteiger partial charge in [0.2, 0.25) is 0 Å². The Bertz CT molecular complexity index is 1370. The number of anilines is 1. The molecule has 1 aliphatic carbocycles. The predicted molar refractivity (Wildman–Crippen MR) is 179 cm³/mol. The summed E-state index contributed by atoms with van der Waals surface area (Å²) in [5.41, 5.74) is 3.20. The van der Waals surface area contributed by atoms with E-state index in [4.69, 9.17) is 31.2 Å². The van der Waals surface area contributed by atoms with E-state index in [2.05, 4.69) is 49.2 Å². The van der Waals surface area contributed by atoms with Gasteiger partial charge in [-0.1, -0.05) is 50.9 Å². The summed E-state index contributed by atoms with van der Waals surface area (Å²) in [7, 11) is -2.54. The van der Waals surface area contributed by atoms with Crippen LogP contribution in [0, 0.1) is 5.92 Å². The summed E-state index contributed by atoms with van der Waals surface area (Å²) in [4.78, 5) is 22.7. The molecule has 1 fully saturated rings. The van der Waals surface area contributed by atoms with Crippen LogP contribution in [0.1, 0.15) is 37.3 Å². The number of carboxylic acids is 1. The lowest BCUT2D eigenvalue weighted by Crippen LogP contribution is -2.33. The first-order valence-electron chi connectivity index (χ1n) is 15.5. The largest absolute Gasteiger partial charge is 0.479 e. The first-order valence-corrected chi connectivity index (χ1v) is 23.3. The van der Waals surface area contributed by atoms with E-state index in [1.807, 2.05) is 16.6 Å². The van der Waals surface area contributed by atoms with Crippen molar-refractivity contribution in [3.63, 3.8) is 0 Å². The van der Waals surface area contributed by atoms with Crippen molar-refractivity contribution in [1.82, 2.24) is 19.6 Å². The van der Waals surface area contributed by atoms with Crippen LogP contribution in [0.25, 0.3) is 16.8 Å². The monoisotopic (exact) mass is 663 g/mol. The van der Waals surface area contributed by atoms with Crippen LogP contribution in [0.2, 0.25) is 56.5 Å². The molecule has 3 heterocycles. The average molecular weight is 664 g/mol. The minimum absolute atomic E-state index is 0.0598. The van der Waals surface area contributed by atoms with E-state index in [0.29, 0.717) is 63.2 Å². The smallest absolute Gasteiger partial charge is 0.338 e. The predicted octanol–water partition coefficient (Wildman–Crippen LogP) is 7.57. The number of aromatic nitrogens is 4. The molecule has 242 valence electrons. The van der Waals surface area contributed by atoms with Gasteiger partial charge in [-0.15, -0.1) is 0 Å². The fourth-order valence-corrected chi connectivity index (χ4v) is 6.95.